The first-order chi connectivity index (χ1) is 12.0. The van der Waals surface area contributed by atoms with E-state index >= 15 is 0 Å². The lowest BCUT2D eigenvalue weighted by atomic mass is 10.2. The minimum absolute atomic E-state index is 0.0149. The van der Waals surface area contributed by atoms with Crippen molar-refractivity contribution in [1.29, 1.82) is 0 Å². The molecule has 2 aromatic rings. The number of benzene rings is 1. The van der Waals surface area contributed by atoms with Gasteiger partial charge in [-0.2, -0.15) is 5.10 Å². The second-order valence-electron chi connectivity index (χ2n) is 6.92. The molecule has 3 rings (SSSR count). The van der Waals surface area contributed by atoms with Crippen molar-refractivity contribution in [3.05, 3.63) is 47.3 Å². The number of carbonyl (C=O) groups is 1. The van der Waals surface area contributed by atoms with Gasteiger partial charge in [0.25, 0.3) is 0 Å². The third-order valence-electron chi connectivity index (χ3n) is 4.46. The maximum absolute atomic E-state index is 12.6. The van der Waals surface area contributed by atoms with Crippen LogP contribution in [0.3, 0.4) is 0 Å². The fraction of sp³-hybridized carbons (Fsp3) is 0.474. The zero-order valence-corrected chi connectivity index (χ0v) is 15.2. The molecule has 1 aromatic carbocycles. The number of aryl methyl sites for hydroxylation is 1. The van der Waals surface area contributed by atoms with Gasteiger partial charge in [0.05, 0.1) is 12.7 Å². The Bertz CT molecular complexity index is 737. The van der Waals surface area contributed by atoms with E-state index in [4.69, 9.17) is 0 Å². The van der Waals surface area contributed by atoms with E-state index in [0.717, 1.165) is 36.2 Å². The second-order valence-corrected chi connectivity index (χ2v) is 6.92. The van der Waals surface area contributed by atoms with Crippen LogP contribution >= 0.6 is 0 Å². The highest BCUT2D eigenvalue weighted by molar-refractivity contribution is 5.74. The number of urea groups is 1. The van der Waals surface area contributed by atoms with Gasteiger partial charge in [-0.25, -0.2) is 4.79 Å². The Hall–Kier alpha value is -2.50. The third kappa shape index (κ3) is 4.32. The van der Waals surface area contributed by atoms with E-state index in [-0.39, 0.29) is 6.03 Å². The number of hydrogen-bond donors (Lipinski definition) is 2. The quantitative estimate of drug-likeness (QED) is 0.899. The van der Waals surface area contributed by atoms with Crippen LogP contribution in [0.15, 0.2) is 30.5 Å². The van der Waals surface area contributed by atoms with E-state index in [1.165, 1.54) is 5.69 Å². The van der Waals surface area contributed by atoms with Crippen molar-refractivity contribution >= 4 is 11.7 Å². The minimum Gasteiger partial charge on any atom is -0.383 e. The van der Waals surface area contributed by atoms with Gasteiger partial charge in [0.1, 0.15) is 0 Å². The summed E-state index contributed by atoms with van der Waals surface area (Å²) in [6.07, 6.45) is 3.81. The average molecular weight is 341 g/mol. The molecule has 0 atom stereocenters. The number of nitrogens with zero attached hydrogens (tertiary/aromatic N) is 3. The second kappa shape index (κ2) is 7.59. The summed E-state index contributed by atoms with van der Waals surface area (Å²) in [6.45, 7) is 6.16. The molecule has 1 aliphatic heterocycles. The molecule has 134 valence electrons. The molecule has 0 saturated carbocycles. The number of anilines is 1. The summed E-state index contributed by atoms with van der Waals surface area (Å²) in [5, 5.41) is 10.7. The molecule has 2 amide bonds. The Morgan fingerprint density at radius 1 is 1.36 bits per heavy atom. The fourth-order valence-corrected chi connectivity index (χ4v) is 3.25. The van der Waals surface area contributed by atoms with Gasteiger partial charge < -0.3 is 15.5 Å². The van der Waals surface area contributed by atoms with Crippen LogP contribution in [0.4, 0.5) is 10.5 Å². The first kappa shape index (κ1) is 17.3. The first-order valence-corrected chi connectivity index (χ1v) is 8.91. The van der Waals surface area contributed by atoms with Crippen LogP contribution in [0.25, 0.3) is 0 Å². The summed E-state index contributed by atoms with van der Waals surface area (Å²) >= 11 is 0. The lowest BCUT2D eigenvalue weighted by Gasteiger charge is -2.21. The molecule has 0 bridgehead atoms. The Kier molecular flexibility index (Phi) is 5.26. The number of rotatable bonds is 4. The molecule has 1 aliphatic rings. The van der Waals surface area contributed by atoms with Crippen LogP contribution in [-0.2, 0) is 26.6 Å². The summed E-state index contributed by atoms with van der Waals surface area (Å²) in [6, 6.07) is 8.55. The molecule has 6 heteroatoms. The number of nitrogens with one attached hydrogen (secondary N) is 2. The normalized spacial score (nSPS) is 14.2. The van der Waals surface area contributed by atoms with E-state index < -0.39 is 0 Å². The minimum atomic E-state index is -0.0149. The molecule has 2 N–H and O–H groups in total. The highest BCUT2D eigenvalue weighted by atomic mass is 16.2. The fourth-order valence-electron chi connectivity index (χ4n) is 3.25. The van der Waals surface area contributed by atoms with Gasteiger partial charge in [-0.1, -0.05) is 12.1 Å². The largest absolute Gasteiger partial charge is 0.383 e. The van der Waals surface area contributed by atoms with Crippen molar-refractivity contribution in [2.24, 2.45) is 7.05 Å². The van der Waals surface area contributed by atoms with E-state index in [9.17, 15) is 4.79 Å². The van der Waals surface area contributed by atoms with Crippen LogP contribution in [0.2, 0.25) is 0 Å². The summed E-state index contributed by atoms with van der Waals surface area (Å²) in [7, 11) is 1.97. The van der Waals surface area contributed by atoms with Gasteiger partial charge in [0.2, 0.25) is 0 Å². The highest BCUT2D eigenvalue weighted by Gasteiger charge is 2.21. The summed E-state index contributed by atoms with van der Waals surface area (Å²) < 4.78 is 1.92. The summed E-state index contributed by atoms with van der Waals surface area (Å²) in [5.41, 5.74) is 4.56. The van der Waals surface area contributed by atoms with E-state index in [1.54, 1.807) is 0 Å². The van der Waals surface area contributed by atoms with Crippen molar-refractivity contribution < 1.29 is 4.79 Å². The smallest absolute Gasteiger partial charge is 0.317 e. The number of carbonyl (C=O) groups excluding carboxylic acids is 1. The number of hydrogen-bond acceptors (Lipinski definition) is 3. The number of fused-ring (bicyclic) bond motifs is 1. The third-order valence-corrected chi connectivity index (χ3v) is 4.46. The van der Waals surface area contributed by atoms with Crippen molar-refractivity contribution in [3.63, 3.8) is 0 Å². The highest BCUT2D eigenvalue weighted by Crippen LogP contribution is 2.18. The van der Waals surface area contributed by atoms with Gasteiger partial charge in [-0.15, -0.1) is 0 Å². The lowest BCUT2D eigenvalue weighted by Crippen LogP contribution is -2.39. The monoisotopic (exact) mass is 341 g/mol. The maximum atomic E-state index is 12.6. The molecular formula is C19H27N5O. The van der Waals surface area contributed by atoms with Crippen LogP contribution in [0.1, 0.15) is 37.1 Å². The predicted octanol–water partition coefficient (Wildman–Crippen LogP) is 2.90. The average Bonchev–Trinajstić information content (AvgIpc) is 2.80. The topological polar surface area (TPSA) is 62.2 Å². The molecule has 0 radical (unpaired) electrons. The van der Waals surface area contributed by atoms with Crippen LogP contribution < -0.4 is 10.6 Å². The first-order valence-electron chi connectivity index (χ1n) is 8.91. The maximum Gasteiger partial charge on any atom is 0.317 e. The molecular weight excluding hydrogens is 314 g/mol. The van der Waals surface area contributed by atoms with Crippen molar-refractivity contribution in [3.8, 4) is 0 Å². The van der Waals surface area contributed by atoms with Gasteiger partial charge in [0, 0.05) is 43.1 Å². The molecule has 2 heterocycles. The van der Waals surface area contributed by atoms with Crippen molar-refractivity contribution in [1.82, 2.24) is 20.0 Å². The molecule has 0 spiro atoms. The van der Waals surface area contributed by atoms with Crippen molar-refractivity contribution in [2.45, 2.75) is 45.8 Å². The Labute approximate surface area is 149 Å². The van der Waals surface area contributed by atoms with Crippen LogP contribution in [0, 0.1) is 0 Å². The molecule has 0 fully saturated rings. The van der Waals surface area contributed by atoms with E-state index in [1.807, 2.05) is 41.0 Å². The lowest BCUT2D eigenvalue weighted by molar-refractivity contribution is 0.195. The van der Waals surface area contributed by atoms with Crippen LogP contribution in [0.5, 0.6) is 0 Å². The zero-order valence-electron chi connectivity index (χ0n) is 15.2. The SMILES string of the molecule is CC(C)Nc1cccc(CNC(=O)N2CCCc3c(cnn3C)C2)c1. The van der Waals surface area contributed by atoms with Gasteiger partial charge in [-0.05, 0) is 44.4 Å². The van der Waals surface area contributed by atoms with E-state index in [0.29, 0.717) is 19.1 Å². The van der Waals surface area contributed by atoms with Gasteiger partial charge in [0.15, 0.2) is 0 Å². The molecule has 6 nitrogen and oxygen atoms in total. The molecule has 0 aliphatic carbocycles. The van der Waals surface area contributed by atoms with Crippen LogP contribution in [-0.4, -0.2) is 33.3 Å². The molecule has 25 heavy (non-hydrogen) atoms. The summed E-state index contributed by atoms with van der Waals surface area (Å²) in [4.78, 5) is 14.5. The van der Waals surface area contributed by atoms with E-state index in [2.05, 4.69) is 35.6 Å². The van der Waals surface area contributed by atoms with Gasteiger partial charge in [-0.3, -0.25) is 4.68 Å². The predicted molar refractivity (Wildman–Crippen MR) is 99.4 cm³/mol. The van der Waals surface area contributed by atoms with Crippen molar-refractivity contribution in [2.75, 3.05) is 11.9 Å². The number of amides is 2. The molecule has 1 aromatic heterocycles. The zero-order chi connectivity index (χ0) is 17.8. The van der Waals surface area contributed by atoms with Gasteiger partial charge >= 0.3 is 6.03 Å². The summed E-state index contributed by atoms with van der Waals surface area (Å²) in [5.74, 6) is 0. The number of aromatic nitrogens is 2. The molecule has 0 unspecified atom stereocenters. The molecule has 0 saturated heterocycles. The Balaban J connectivity index is 1.59. The standard InChI is InChI=1S/C19H27N5O/c1-14(2)22-17-7-4-6-15(10-17)11-20-19(25)24-9-5-8-18-16(13-24)12-21-23(18)3/h4,6-7,10,12,14,22H,5,8-9,11,13H2,1-3H3,(H,20,25). The Morgan fingerprint density at radius 2 is 2.20 bits per heavy atom. The Morgan fingerprint density at radius 3 is 3.00 bits per heavy atom.